The highest BCUT2D eigenvalue weighted by molar-refractivity contribution is 6.12. The summed E-state index contributed by atoms with van der Waals surface area (Å²) >= 11 is 0. The second kappa shape index (κ2) is 15.8. The van der Waals surface area contributed by atoms with Crippen molar-refractivity contribution in [3.63, 3.8) is 0 Å². The molecule has 0 N–H and O–H groups in total. The smallest absolute Gasteiger partial charge is 0.136 e. The molecule has 1 aliphatic carbocycles. The topological polar surface area (TPSA) is 16.4 Å². The Labute approximate surface area is 390 Å². The fourth-order valence-corrected chi connectivity index (χ4v) is 11.1. The van der Waals surface area contributed by atoms with Crippen molar-refractivity contribution in [1.29, 1.82) is 0 Å². The van der Waals surface area contributed by atoms with Gasteiger partial charge >= 0.3 is 0 Å². The Balaban J connectivity index is 1.04. The van der Waals surface area contributed by atoms with Crippen LogP contribution in [0.4, 0.5) is 17.1 Å². The summed E-state index contributed by atoms with van der Waals surface area (Å²) < 4.78 is 6.39. The molecule has 0 saturated heterocycles. The first-order valence-corrected chi connectivity index (χ1v) is 23.1. The van der Waals surface area contributed by atoms with E-state index in [0.29, 0.717) is 0 Å². The van der Waals surface area contributed by atoms with Crippen LogP contribution in [0.1, 0.15) is 22.3 Å². The second-order valence-electron chi connectivity index (χ2n) is 17.5. The minimum absolute atomic E-state index is 0.511. The highest BCUT2D eigenvalue weighted by Crippen LogP contribution is 2.59. The van der Waals surface area contributed by atoms with Crippen molar-refractivity contribution in [3.8, 4) is 44.5 Å². The van der Waals surface area contributed by atoms with Crippen LogP contribution >= 0.6 is 0 Å². The van der Waals surface area contributed by atoms with Crippen molar-refractivity contribution >= 4 is 49.8 Å². The van der Waals surface area contributed by atoms with E-state index in [-0.39, 0.29) is 0 Å². The van der Waals surface area contributed by atoms with Gasteiger partial charge in [-0.2, -0.15) is 0 Å². The molecule has 0 saturated carbocycles. The standard InChI is InChI=1S/C65H43NO/c1-3-22-47(23-4-1)65(48-24-5-2-6-25-48)58-34-12-9-29-56(58)63-55(33-17-35-59(63)65)54-28-10-13-36-60(54)66(49-41-39-45(40-42-49)52-31-16-20-44-19-7-8-27-51(44)52)50-26-15-21-46(43-50)53-32-18-38-62-64(53)57-30-11-14-37-61(57)67-62/h1-43H. The van der Waals surface area contributed by atoms with E-state index >= 15 is 0 Å². The third-order valence-corrected chi connectivity index (χ3v) is 14.0. The van der Waals surface area contributed by atoms with Crippen LogP contribution in [0.3, 0.4) is 0 Å². The molecule has 1 aromatic heterocycles. The zero-order valence-corrected chi connectivity index (χ0v) is 36.7. The molecule has 0 unspecified atom stereocenters. The predicted molar refractivity (Wildman–Crippen MR) is 280 cm³/mol. The molecule has 0 bridgehead atoms. The minimum atomic E-state index is -0.511. The quantitative estimate of drug-likeness (QED) is 0.151. The van der Waals surface area contributed by atoms with Gasteiger partial charge in [0.1, 0.15) is 11.2 Å². The van der Waals surface area contributed by atoms with E-state index in [1.165, 1.54) is 60.8 Å². The first-order chi connectivity index (χ1) is 33.3. The summed E-state index contributed by atoms with van der Waals surface area (Å²) in [6.45, 7) is 0. The lowest BCUT2D eigenvalue weighted by Crippen LogP contribution is -2.28. The van der Waals surface area contributed by atoms with E-state index in [0.717, 1.165) is 55.7 Å². The van der Waals surface area contributed by atoms with Crippen LogP contribution in [0, 0.1) is 0 Å². The second-order valence-corrected chi connectivity index (χ2v) is 17.5. The number of hydrogen-bond acceptors (Lipinski definition) is 2. The fraction of sp³-hybridized carbons (Fsp3) is 0.0154. The van der Waals surface area contributed by atoms with Crippen LogP contribution in [0.15, 0.2) is 265 Å². The number of furan rings is 1. The van der Waals surface area contributed by atoms with Crippen molar-refractivity contribution in [2.45, 2.75) is 5.41 Å². The highest BCUT2D eigenvalue weighted by Gasteiger charge is 2.47. The van der Waals surface area contributed by atoms with Gasteiger partial charge in [0.25, 0.3) is 0 Å². The van der Waals surface area contributed by atoms with Gasteiger partial charge in [-0.15, -0.1) is 0 Å². The van der Waals surface area contributed by atoms with Gasteiger partial charge in [-0.1, -0.05) is 218 Å². The largest absolute Gasteiger partial charge is 0.456 e. The SMILES string of the molecule is c1ccc(C2(c3ccccc3)c3ccccc3-c3c(-c4ccccc4N(c4ccc(-c5cccc6ccccc56)cc4)c4cccc(-c5cccc6oc7ccccc7c56)c4)cccc32)cc1. The lowest BCUT2D eigenvalue weighted by atomic mass is 9.67. The maximum atomic E-state index is 6.39. The van der Waals surface area contributed by atoms with Gasteiger partial charge in [-0.25, -0.2) is 0 Å². The van der Waals surface area contributed by atoms with Crippen LogP contribution in [-0.2, 0) is 5.41 Å². The van der Waals surface area contributed by atoms with Gasteiger partial charge in [0, 0.05) is 27.7 Å². The zero-order chi connectivity index (χ0) is 44.3. The van der Waals surface area contributed by atoms with Crippen LogP contribution in [0.5, 0.6) is 0 Å². The molecular formula is C65H43NO. The monoisotopic (exact) mass is 853 g/mol. The molecule has 67 heavy (non-hydrogen) atoms. The molecule has 2 heteroatoms. The molecule has 13 rings (SSSR count). The van der Waals surface area contributed by atoms with E-state index in [4.69, 9.17) is 4.42 Å². The number of nitrogens with zero attached hydrogens (tertiary/aromatic N) is 1. The maximum Gasteiger partial charge on any atom is 0.136 e. The van der Waals surface area contributed by atoms with Crippen LogP contribution < -0.4 is 4.90 Å². The Morgan fingerprint density at radius 2 is 0.896 bits per heavy atom. The predicted octanol–water partition coefficient (Wildman–Crippen LogP) is 17.6. The van der Waals surface area contributed by atoms with Gasteiger partial charge in [0.05, 0.1) is 11.1 Å². The Bertz CT molecular complexity index is 3760. The van der Waals surface area contributed by atoms with Crippen molar-refractivity contribution in [3.05, 3.63) is 283 Å². The number of rotatable bonds is 8. The van der Waals surface area contributed by atoms with E-state index in [9.17, 15) is 0 Å². The lowest BCUT2D eigenvalue weighted by Gasteiger charge is -2.34. The number of benzene rings is 11. The summed E-state index contributed by atoms with van der Waals surface area (Å²) in [5.41, 5.74) is 19.1. The van der Waals surface area contributed by atoms with Crippen LogP contribution in [0.2, 0.25) is 0 Å². The molecular weight excluding hydrogens is 811 g/mol. The number of para-hydroxylation sites is 2. The molecule has 314 valence electrons. The fourth-order valence-electron chi connectivity index (χ4n) is 11.1. The first-order valence-electron chi connectivity index (χ1n) is 23.1. The molecule has 0 radical (unpaired) electrons. The van der Waals surface area contributed by atoms with E-state index in [1.807, 2.05) is 6.07 Å². The summed E-state index contributed by atoms with van der Waals surface area (Å²) in [6, 6.07) is 95.1. The van der Waals surface area contributed by atoms with Gasteiger partial charge < -0.3 is 9.32 Å². The van der Waals surface area contributed by atoms with Crippen LogP contribution in [-0.4, -0.2) is 0 Å². The van der Waals surface area contributed by atoms with Gasteiger partial charge in [0.15, 0.2) is 0 Å². The normalized spacial score (nSPS) is 12.6. The number of fused-ring (bicyclic) bond motifs is 7. The average molecular weight is 854 g/mol. The summed E-state index contributed by atoms with van der Waals surface area (Å²) in [6.07, 6.45) is 0. The highest BCUT2D eigenvalue weighted by atomic mass is 16.3. The first kappa shape index (κ1) is 38.7. The number of hydrogen-bond donors (Lipinski definition) is 0. The zero-order valence-electron chi connectivity index (χ0n) is 36.7. The Kier molecular flexibility index (Phi) is 9.11. The summed E-state index contributed by atoms with van der Waals surface area (Å²) in [5, 5.41) is 4.72. The molecule has 0 fully saturated rings. The maximum absolute atomic E-state index is 6.39. The van der Waals surface area contributed by atoms with Gasteiger partial charge in [-0.3, -0.25) is 0 Å². The molecule has 1 heterocycles. The molecule has 11 aromatic carbocycles. The lowest BCUT2D eigenvalue weighted by molar-refractivity contribution is 0.669. The Morgan fingerprint density at radius 1 is 0.328 bits per heavy atom. The molecule has 1 aliphatic rings. The van der Waals surface area contributed by atoms with Crippen molar-refractivity contribution < 1.29 is 4.42 Å². The third-order valence-electron chi connectivity index (χ3n) is 14.0. The third kappa shape index (κ3) is 6.11. The van der Waals surface area contributed by atoms with E-state index in [1.54, 1.807) is 0 Å². The van der Waals surface area contributed by atoms with E-state index in [2.05, 4.69) is 260 Å². The Hall–Kier alpha value is -8.72. The molecule has 0 spiro atoms. The Morgan fingerprint density at radius 3 is 1.72 bits per heavy atom. The number of anilines is 3. The minimum Gasteiger partial charge on any atom is -0.456 e. The summed E-state index contributed by atoms with van der Waals surface area (Å²) in [7, 11) is 0. The average Bonchev–Trinajstić information content (AvgIpc) is 3.94. The molecule has 0 atom stereocenters. The molecule has 2 nitrogen and oxygen atoms in total. The van der Waals surface area contributed by atoms with Crippen LogP contribution in [0.25, 0.3) is 77.2 Å². The molecule has 0 amide bonds. The summed E-state index contributed by atoms with van der Waals surface area (Å²) in [4.78, 5) is 2.45. The summed E-state index contributed by atoms with van der Waals surface area (Å²) in [5.74, 6) is 0. The van der Waals surface area contributed by atoms with Crippen molar-refractivity contribution in [2.24, 2.45) is 0 Å². The van der Waals surface area contributed by atoms with Gasteiger partial charge in [0.2, 0.25) is 0 Å². The van der Waals surface area contributed by atoms with Gasteiger partial charge in [-0.05, 0) is 114 Å². The molecule has 12 aromatic rings. The van der Waals surface area contributed by atoms with Crippen molar-refractivity contribution in [2.75, 3.05) is 4.90 Å². The molecule has 0 aliphatic heterocycles. The van der Waals surface area contributed by atoms with Crippen molar-refractivity contribution in [1.82, 2.24) is 0 Å². The van der Waals surface area contributed by atoms with E-state index < -0.39 is 5.41 Å².